The molecule has 3 aromatic rings. The summed E-state index contributed by atoms with van der Waals surface area (Å²) in [7, 11) is 0. The molecule has 5 heteroatoms. The lowest BCUT2D eigenvalue weighted by Crippen LogP contribution is -2.05. The molecule has 0 spiro atoms. The summed E-state index contributed by atoms with van der Waals surface area (Å²) in [6, 6.07) is 8.33. The summed E-state index contributed by atoms with van der Waals surface area (Å²) in [4.78, 5) is 14.5. The molecule has 2 N–H and O–H groups in total. The highest BCUT2D eigenvalue weighted by Gasteiger charge is 2.18. The van der Waals surface area contributed by atoms with Crippen molar-refractivity contribution < 1.29 is 0 Å². The molecule has 0 atom stereocenters. The summed E-state index contributed by atoms with van der Waals surface area (Å²) in [6.07, 6.45) is 8.98. The van der Waals surface area contributed by atoms with Crippen LogP contribution in [0.2, 0.25) is 0 Å². The Hall–Kier alpha value is -2.56. The van der Waals surface area contributed by atoms with Crippen LogP contribution >= 0.6 is 0 Å². The molecule has 0 bridgehead atoms. The Labute approximate surface area is 140 Å². The van der Waals surface area contributed by atoms with E-state index in [2.05, 4.69) is 28.1 Å². The van der Waals surface area contributed by atoms with Crippen LogP contribution in [0.15, 0.2) is 41.5 Å². The van der Waals surface area contributed by atoms with Gasteiger partial charge in [-0.25, -0.2) is 0 Å². The topological polar surface area (TPSA) is 62.7 Å². The first-order valence-electron chi connectivity index (χ1n) is 8.61. The fourth-order valence-electron chi connectivity index (χ4n) is 3.55. The Morgan fingerprint density at radius 1 is 1.29 bits per heavy atom. The van der Waals surface area contributed by atoms with Gasteiger partial charge in [-0.3, -0.25) is 9.48 Å². The summed E-state index contributed by atoms with van der Waals surface area (Å²) < 4.78 is 2.15. The average molecular weight is 322 g/mol. The number of fused-ring (bicyclic) bond motifs is 1. The van der Waals surface area contributed by atoms with Crippen LogP contribution in [0, 0.1) is 6.92 Å². The number of rotatable bonds is 4. The van der Waals surface area contributed by atoms with Gasteiger partial charge in [0.1, 0.15) is 0 Å². The van der Waals surface area contributed by atoms with Gasteiger partial charge >= 0.3 is 0 Å². The SMILES string of the molecule is Cc1nn(C2CCCC2)cc1CNc1ccc2c(=O)[nH]ccc2c1. The van der Waals surface area contributed by atoms with E-state index in [1.807, 2.05) is 24.3 Å². The van der Waals surface area contributed by atoms with Crippen LogP contribution in [-0.2, 0) is 6.54 Å². The molecule has 5 nitrogen and oxygen atoms in total. The summed E-state index contributed by atoms with van der Waals surface area (Å²) in [5.74, 6) is 0. The maximum atomic E-state index is 11.8. The molecule has 2 aromatic heterocycles. The standard InChI is InChI=1S/C19H22N4O/c1-13-15(12-23(22-13)17-4-2-3-5-17)11-21-16-6-7-18-14(10-16)8-9-20-19(18)24/h6-10,12,17,21H,2-5,11H2,1H3,(H,20,24). The fourth-order valence-corrected chi connectivity index (χ4v) is 3.55. The molecule has 1 aliphatic carbocycles. The molecule has 1 aromatic carbocycles. The van der Waals surface area contributed by atoms with Crippen LogP contribution in [-0.4, -0.2) is 14.8 Å². The predicted octanol–water partition coefficient (Wildman–Crippen LogP) is 3.76. The van der Waals surface area contributed by atoms with Gasteiger partial charge < -0.3 is 10.3 Å². The summed E-state index contributed by atoms with van der Waals surface area (Å²) >= 11 is 0. The van der Waals surface area contributed by atoms with E-state index in [0.29, 0.717) is 11.4 Å². The molecule has 2 heterocycles. The zero-order valence-corrected chi connectivity index (χ0v) is 13.9. The van der Waals surface area contributed by atoms with Crippen molar-refractivity contribution in [3.8, 4) is 0 Å². The van der Waals surface area contributed by atoms with Crippen LogP contribution < -0.4 is 10.9 Å². The summed E-state index contributed by atoms with van der Waals surface area (Å²) in [6.45, 7) is 2.82. The van der Waals surface area contributed by atoms with Crippen molar-refractivity contribution in [2.75, 3.05) is 5.32 Å². The number of pyridine rings is 1. The van der Waals surface area contributed by atoms with E-state index in [4.69, 9.17) is 5.10 Å². The summed E-state index contributed by atoms with van der Waals surface area (Å²) in [5.41, 5.74) is 3.29. The number of H-pyrrole nitrogens is 1. The maximum Gasteiger partial charge on any atom is 0.255 e. The van der Waals surface area contributed by atoms with Gasteiger partial charge in [-0.05, 0) is 49.4 Å². The zero-order chi connectivity index (χ0) is 16.5. The van der Waals surface area contributed by atoms with Crippen molar-refractivity contribution >= 4 is 16.5 Å². The minimum absolute atomic E-state index is 0.0484. The number of nitrogens with one attached hydrogen (secondary N) is 2. The minimum Gasteiger partial charge on any atom is -0.381 e. The molecule has 0 unspecified atom stereocenters. The van der Waals surface area contributed by atoms with Crippen molar-refractivity contribution in [2.24, 2.45) is 0 Å². The first-order chi connectivity index (χ1) is 11.7. The van der Waals surface area contributed by atoms with E-state index in [9.17, 15) is 4.79 Å². The van der Waals surface area contributed by atoms with Crippen LogP contribution in [0.25, 0.3) is 10.8 Å². The van der Waals surface area contributed by atoms with Gasteiger partial charge in [-0.2, -0.15) is 5.10 Å². The largest absolute Gasteiger partial charge is 0.381 e. The second-order valence-electron chi connectivity index (χ2n) is 6.62. The van der Waals surface area contributed by atoms with Crippen LogP contribution in [0.5, 0.6) is 0 Å². The van der Waals surface area contributed by atoms with Gasteiger partial charge in [0.15, 0.2) is 0 Å². The predicted molar refractivity (Wildman–Crippen MR) is 96.4 cm³/mol. The molecule has 1 saturated carbocycles. The Morgan fingerprint density at radius 3 is 2.96 bits per heavy atom. The van der Waals surface area contributed by atoms with Gasteiger partial charge in [0.05, 0.1) is 11.7 Å². The van der Waals surface area contributed by atoms with Gasteiger partial charge in [0.2, 0.25) is 0 Å². The molecule has 24 heavy (non-hydrogen) atoms. The number of benzene rings is 1. The molecule has 1 fully saturated rings. The number of anilines is 1. The number of aromatic amines is 1. The molecular formula is C19H22N4O. The van der Waals surface area contributed by atoms with Crippen molar-refractivity contribution in [1.82, 2.24) is 14.8 Å². The molecule has 1 aliphatic rings. The third kappa shape index (κ3) is 2.82. The number of aromatic nitrogens is 3. The number of aryl methyl sites for hydroxylation is 1. The van der Waals surface area contributed by atoms with Gasteiger partial charge in [-0.1, -0.05) is 12.8 Å². The molecule has 4 rings (SSSR count). The third-order valence-electron chi connectivity index (χ3n) is 4.97. The molecule has 0 radical (unpaired) electrons. The number of nitrogens with zero attached hydrogens (tertiary/aromatic N) is 2. The van der Waals surface area contributed by atoms with E-state index < -0.39 is 0 Å². The van der Waals surface area contributed by atoms with Crippen LogP contribution in [0.3, 0.4) is 0 Å². The number of hydrogen-bond acceptors (Lipinski definition) is 3. The monoisotopic (exact) mass is 322 g/mol. The molecule has 124 valence electrons. The molecular weight excluding hydrogens is 300 g/mol. The van der Waals surface area contributed by atoms with E-state index in [-0.39, 0.29) is 5.56 Å². The Kier molecular flexibility index (Phi) is 3.84. The second kappa shape index (κ2) is 6.15. The first kappa shape index (κ1) is 15.0. The minimum atomic E-state index is -0.0484. The smallest absolute Gasteiger partial charge is 0.255 e. The van der Waals surface area contributed by atoms with Crippen LogP contribution in [0.4, 0.5) is 5.69 Å². The Bertz CT molecular complexity index is 919. The quantitative estimate of drug-likeness (QED) is 0.769. The molecule has 0 saturated heterocycles. The van der Waals surface area contributed by atoms with E-state index in [0.717, 1.165) is 23.3 Å². The second-order valence-corrected chi connectivity index (χ2v) is 6.62. The first-order valence-corrected chi connectivity index (χ1v) is 8.61. The highest BCUT2D eigenvalue weighted by atomic mass is 16.1. The lowest BCUT2D eigenvalue weighted by molar-refractivity contribution is 0.464. The fraction of sp³-hybridized carbons (Fsp3) is 0.368. The van der Waals surface area contributed by atoms with Gasteiger partial charge in [0.25, 0.3) is 5.56 Å². The van der Waals surface area contributed by atoms with Gasteiger partial charge in [-0.15, -0.1) is 0 Å². The Morgan fingerprint density at radius 2 is 2.12 bits per heavy atom. The van der Waals surface area contributed by atoms with Crippen molar-refractivity contribution in [1.29, 1.82) is 0 Å². The third-order valence-corrected chi connectivity index (χ3v) is 4.97. The number of hydrogen-bond donors (Lipinski definition) is 2. The van der Waals surface area contributed by atoms with E-state index in [1.165, 1.54) is 31.2 Å². The van der Waals surface area contributed by atoms with Crippen molar-refractivity contribution in [2.45, 2.75) is 45.2 Å². The van der Waals surface area contributed by atoms with E-state index in [1.54, 1.807) is 6.20 Å². The zero-order valence-electron chi connectivity index (χ0n) is 13.9. The lowest BCUT2D eigenvalue weighted by atomic mass is 10.1. The van der Waals surface area contributed by atoms with Crippen molar-refractivity contribution in [3.05, 3.63) is 58.3 Å². The normalized spacial score (nSPS) is 15.2. The van der Waals surface area contributed by atoms with Crippen LogP contribution in [0.1, 0.15) is 43.0 Å². The molecule has 0 amide bonds. The lowest BCUT2D eigenvalue weighted by Gasteiger charge is -2.09. The molecule has 0 aliphatic heterocycles. The van der Waals surface area contributed by atoms with Gasteiger partial charge in [0, 0.05) is 35.6 Å². The Balaban J connectivity index is 1.51. The summed E-state index contributed by atoms with van der Waals surface area (Å²) in [5, 5.41) is 9.81. The highest BCUT2D eigenvalue weighted by molar-refractivity contribution is 5.84. The average Bonchev–Trinajstić information content (AvgIpc) is 3.23. The van der Waals surface area contributed by atoms with Crippen molar-refractivity contribution in [3.63, 3.8) is 0 Å². The highest BCUT2D eigenvalue weighted by Crippen LogP contribution is 2.29. The van der Waals surface area contributed by atoms with E-state index >= 15 is 0 Å². The maximum absolute atomic E-state index is 11.8.